The molecule has 0 unspecified atom stereocenters. The van der Waals surface area contributed by atoms with Crippen molar-refractivity contribution in [3.63, 3.8) is 0 Å². The smallest absolute Gasteiger partial charge is 0.132 e. The van der Waals surface area contributed by atoms with Crippen molar-refractivity contribution >= 4 is 17.4 Å². The molecule has 2 N–H and O–H groups in total. The van der Waals surface area contributed by atoms with Gasteiger partial charge in [-0.2, -0.15) is 0 Å². The molecule has 1 saturated carbocycles. The molecule has 0 saturated heterocycles. The minimum absolute atomic E-state index is 0.503. The Morgan fingerprint density at radius 1 is 1.33 bits per heavy atom. The summed E-state index contributed by atoms with van der Waals surface area (Å²) in [5, 5.41) is 0.686. The Labute approximate surface area is 130 Å². The zero-order valence-electron chi connectivity index (χ0n) is 12.1. The van der Waals surface area contributed by atoms with E-state index in [1.807, 2.05) is 30.3 Å². The van der Waals surface area contributed by atoms with Gasteiger partial charge < -0.3 is 10.3 Å². The summed E-state index contributed by atoms with van der Waals surface area (Å²) >= 11 is 6.30. The summed E-state index contributed by atoms with van der Waals surface area (Å²) < 4.78 is 2.08. The monoisotopic (exact) mass is 301 g/mol. The number of nitrogen functional groups attached to an aromatic ring is 1. The van der Waals surface area contributed by atoms with Crippen LogP contribution in [0.2, 0.25) is 5.02 Å². The summed E-state index contributed by atoms with van der Waals surface area (Å²) in [6.45, 7) is 4.52. The van der Waals surface area contributed by atoms with Gasteiger partial charge in [-0.15, -0.1) is 6.58 Å². The Kier molecular flexibility index (Phi) is 4.02. The van der Waals surface area contributed by atoms with Gasteiger partial charge in [0, 0.05) is 18.0 Å². The number of imidazole rings is 1. The van der Waals surface area contributed by atoms with Crippen LogP contribution >= 0.6 is 11.6 Å². The summed E-state index contributed by atoms with van der Waals surface area (Å²) in [5.74, 6) is 2.27. The maximum absolute atomic E-state index is 6.35. The van der Waals surface area contributed by atoms with Crippen molar-refractivity contribution in [1.82, 2.24) is 9.55 Å². The summed E-state index contributed by atoms with van der Waals surface area (Å²) in [6, 6.07) is 7.72. The van der Waals surface area contributed by atoms with Crippen molar-refractivity contribution in [3.05, 3.63) is 47.8 Å². The van der Waals surface area contributed by atoms with Crippen LogP contribution in [0.25, 0.3) is 11.3 Å². The van der Waals surface area contributed by atoms with Crippen molar-refractivity contribution in [2.24, 2.45) is 0 Å². The molecule has 1 aromatic heterocycles. The highest BCUT2D eigenvalue weighted by Gasteiger charge is 2.25. The Bertz CT molecular complexity index is 654. The maximum atomic E-state index is 6.35. The molecule has 0 aliphatic heterocycles. The minimum atomic E-state index is 0.503. The molecule has 1 fully saturated rings. The highest BCUT2D eigenvalue weighted by Crippen LogP contribution is 2.38. The van der Waals surface area contributed by atoms with Crippen molar-refractivity contribution in [3.8, 4) is 11.3 Å². The molecular formula is C17H20ClN3. The fraction of sp³-hybridized carbons (Fsp3) is 0.353. The SMILES string of the molecule is C=CCn1c(C2CCCC2)nc(-c2ccccc2Cl)c1N. The molecule has 110 valence electrons. The fourth-order valence-electron chi connectivity index (χ4n) is 3.15. The molecule has 1 aromatic carbocycles. The number of halogens is 1. The van der Waals surface area contributed by atoms with E-state index >= 15 is 0 Å². The number of hydrogen-bond donors (Lipinski definition) is 1. The van der Waals surface area contributed by atoms with Gasteiger partial charge in [-0.1, -0.05) is 48.7 Å². The molecule has 2 aromatic rings. The van der Waals surface area contributed by atoms with Crippen molar-refractivity contribution in [2.75, 3.05) is 5.73 Å². The largest absolute Gasteiger partial charge is 0.383 e. The average molecular weight is 302 g/mol. The standard InChI is InChI=1S/C17H20ClN3/c1-2-11-21-16(19)15(13-9-5-6-10-14(13)18)20-17(21)12-7-3-4-8-12/h2,5-6,9-10,12H,1,3-4,7-8,11,19H2. The van der Waals surface area contributed by atoms with E-state index in [1.54, 1.807) is 0 Å². The van der Waals surface area contributed by atoms with E-state index in [0.717, 1.165) is 17.1 Å². The summed E-state index contributed by atoms with van der Waals surface area (Å²) in [4.78, 5) is 4.85. The third-order valence-corrected chi connectivity index (χ3v) is 4.53. The zero-order valence-corrected chi connectivity index (χ0v) is 12.8. The van der Waals surface area contributed by atoms with Gasteiger partial charge in [-0.3, -0.25) is 0 Å². The summed E-state index contributed by atoms with van der Waals surface area (Å²) in [7, 11) is 0. The predicted octanol–water partition coefficient (Wildman–Crippen LogP) is 4.63. The Morgan fingerprint density at radius 2 is 2.05 bits per heavy atom. The molecule has 21 heavy (non-hydrogen) atoms. The van der Waals surface area contributed by atoms with Crippen LogP contribution in [0.5, 0.6) is 0 Å². The van der Waals surface area contributed by atoms with Crippen LogP contribution < -0.4 is 5.73 Å². The molecule has 1 aliphatic rings. The maximum Gasteiger partial charge on any atom is 0.132 e. The molecular weight excluding hydrogens is 282 g/mol. The van der Waals surface area contributed by atoms with E-state index in [2.05, 4.69) is 11.1 Å². The first-order valence-corrected chi connectivity index (χ1v) is 7.82. The van der Waals surface area contributed by atoms with Gasteiger partial charge >= 0.3 is 0 Å². The molecule has 3 nitrogen and oxygen atoms in total. The summed E-state index contributed by atoms with van der Waals surface area (Å²) in [6.07, 6.45) is 6.79. The highest BCUT2D eigenvalue weighted by atomic mass is 35.5. The van der Waals surface area contributed by atoms with Crippen LogP contribution in [0.15, 0.2) is 36.9 Å². The molecule has 0 radical (unpaired) electrons. The Morgan fingerprint density at radius 3 is 2.71 bits per heavy atom. The lowest BCUT2D eigenvalue weighted by molar-refractivity contribution is 0.618. The number of allylic oxidation sites excluding steroid dienone is 1. The van der Waals surface area contributed by atoms with E-state index in [9.17, 15) is 0 Å². The number of benzene rings is 1. The van der Waals surface area contributed by atoms with E-state index in [4.69, 9.17) is 22.3 Å². The van der Waals surface area contributed by atoms with E-state index in [-0.39, 0.29) is 0 Å². The number of anilines is 1. The topological polar surface area (TPSA) is 43.8 Å². The quantitative estimate of drug-likeness (QED) is 0.837. The second-order valence-corrected chi connectivity index (χ2v) is 5.97. The number of nitrogens with zero attached hydrogens (tertiary/aromatic N) is 2. The third kappa shape index (κ3) is 2.58. The zero-order chi connectivity index (χ0) is 14.8. The lowest BCUT2D eigenvalue weighted by atomic mass is 10.1. The second-order valence-electron chi connectivity index (χ2n) is 5.56. The Balaban J connectivity index is 2.11. The molecule has 4 heteroatoms. The first kappa shape index (κ1) is 14.2. The van der Waals surface area contributed by atoms with E-state index in [0.29, 0.717) is 23.3 Å². The lowest BCUT2D eigenvalue weighted by Gasteiger charge is -2.11. The number of hydrogen-bond acceptors (Lipinski definition) is 2. The first-order chi connectivity index (χ1) is 10.2. The first-order valence-electron chi connectivity index (χ1n) is 7.44. The van der Waals surface area contributed by atoms with Gasteiger partial charge in [-0.25, -0.2) is 4.98 Å². The lowest BCUT2D eigenvalue weighted by Crippen LogP contribution is -2.08. The van der Waals surface area contributed by atoms with Crippen LogP contribution in [-0.2, 0) is 6.54 Å². The average Bonchev–Trinajstić information content (AvgIpc) is 3.10. The van der Waals surface area contributed by atoms with Crippen LogP contribution in [0.4, 0.5) is 5.82 Å². The highest BCUT2D eigenvalue weighted by molar-refractivity contribution is 6.33. The molecule has 1 heterocycles. The summed E-state index contributed by atoms with van der Waals surface area (Å²) in [5.41, 5.74) is 8.05. The van der Waals surface area contributed by atoms with Crippen molar-refractivity contribution in [1.29, 1.82) is 0 Å². The molecule has 1 aliphatic carbocycles. The fourth-order valence-corrected chi connectivity index (χ4v) is 3.38. The predicted molar refractivity (Wildman–Crippen MR) is 88.5 cm³/mol. The van der Waals surface area contributed by atoms with Gasteiger partial charge in [0.2, 0.25) is 0 Å². The van der Waals surface area contributed by atoms with Gasteiger partial charge in [-0.05, 0) is 18.9 Å². The number of aromatic nitrogens is 2. The molecule has 0 amide bonds. The molecule has 3 rings (SSSR count). The van der Waals surface area contributed by atoms with Crippen molar-refractivity contribution < 1.29 is 0 Å². The van der Waals surface area contributed by atoms with Crippen LogP contribution in [0, 0.1) is 0 Å². The van der Waals surface area contributed by atoms with Gasteiger partial charge in [0.05, 0.1) is 5.02 Å². The third-order valence-electron chi connectivity index (χ3n) is 4.20. The van der Waals surface area contributed by atoms with Gasteiger partial charge in [0.15, 0.2) is 0 Å². The van der Waals surface area contributed by atoms with Crippen LogP contribution in [0.3, 0.4) is 0 Å². The van der Waals surface area contributed by atoms with Crippen molar-refractivity contribution in [2.45, 2.75) is 38.1 Å². The number of nitrogens with two attached hydrogens (primary N) is 1. The van der Waals surface area contributed by atoms with Crippen LogP contribution in [-0.4, -0.2) is 9.55 Å². The Hall–Kier alpha value is -1.74. The normalized spacial score (nSPS) is 15.5. The van der Waals surface area contributed by atoms with Crippen LogP contribution in [0.1, 0.15) is 37.4 Å². The van der Waals surface area contributed by atoms with E-state index in [1.165, 1.54) is 25.7 Å². The molecule has 0 bridgehead atoms. The van der Waals surface area contributed by atoms with Gasteiger partial charge in [0.1, 0.15) is 17.3 Å². The second kappa shape index (κ2) is 5.94. The number of rotatable bonds is 4. The minimum Gasteiger partial charge on any atom is -0.383 e. The van der Waals surface area contributed by atoms with E-state index < -0.39 is 0 Å². The molecule has 0 spiro atoms. The van der Waals surface area contributed by atoms with Gasteiger partial charge in [0.25, 0.3) is 0 Å². The molecule has 0 atom stereocenters.